The summed E-state index contributed by atoms with van der Waals surface area (Å²) in [4.78, 5) is 91.6. The van der Waals surface area contributed by atoms with Crippen LogP contribution in [0, 0.1) is 63.2 Å². The van der Waals surface area contributed by atoms with Crippen LogP contribution >= 0.6 is 0 Å². The zero-order chi connectivity index (χ0) is 40.2. The molecule has 0 atom stereocenters. The van der Waals surface area contributed by atoms with Crippen molar-refractivity contribution >= 4 is 46.2 Å². The van der Waals surface area contributed by atoms with Crippen LogP contribution in [0.15, 0.2) is 24.3 Å². The van der Waals surface area contributed by atoms with Crippen molar-refractivity contribution in [1.29, 1.82) is 0 Å². The minimum Gasteiger partial charge on any atom is -0.356 e. The second kappa shape index (κ2) is 18.4. The van der Waals surface area contributed by atoms with Crippen LogP contribution in [-0.2, 0) is 9.59 Å². The lowest BCUT2D eigenvalue weighted by Crippen LogP contribution is -2.51. The van der Waals surface area contributed by atoms with Crippen molar-refractivity contribution < 1.29 is 28.8 Å². The number of carbonyl (C=O) groups excluding carboxylic acids is 6. The number of piperazine rings is 2. The standard InChI is InChI=1S/C44H50N8O6/c53-39(31-7-1-2-8-31)45-15-5-17-47-19-23-49(24-20-47)27-29-51-41(55)33-11-13-35-38-36(14-12-34(37(33)38)42(51)56)44(58)52(43(35)57)30-28-50-25-21-48(22-26-50)18-6-16-46-40(54)32-9-3-4-10-32/h1-4,7-14H,5-6,15-30H2,(H,45,53)(H,46,54). The number of nitrogens with zero attached hydrogens (tertiary/aromatic N) is 6. The van der Waals surface area contributed by atoms with E-state index in [4.69, 9.17) is 0 Å². The molecule has 2 aliphatic carbocycles. The largest absolute Gasteiger partial charge is 0.356 e. The molecule has 2 saturated heterocycles. The van der Waals surface area contributed by atoms with Gasteiger partial charge in [0, 0.05) is 125 Å². The first-order valence-electron chi connectivity index (χ1n) is 20.5. The molecule has 4 fully saturated rings. The molecular formula is C44H50N8O6. The molecule has 302 valence electrons. The van der Waals surface area contributed by atoms with E-state index in [1.807, 2.05) is 25.7 Å². The van der Waals surface area contributed by atoms with Crippen LogP contribution in [0.25, 0.3) is 10.8 Å². The highest BCUT2D eigenvalue weighted by molar-refractivity contribution is 6.33. The van der Waals surface area contributed by atoms with E-state index >= 15 is 0 Å². The average Bonchev–Trinajstić information content (AvgIpc) is 4.00. The molecule has 2 saturated carbocycles. The van der Waals surface area contributed by atoms with Gasteiger partial charge in [0.1, 0.15) is 0 Å². The van der Waals surface area contributed by atoms with Gasteiger partial charge in [0.2, 0.25) is 11.8 Å². The van der Waals surface area contributed by atoms with Crippen molar-refractivity contribution in [2.45, 2.75) is 12.8 Å². The fraction of sp³-hybridized carbons (Fsp3) is 0.409. The molecule has 58 heavy (non-hydrogen) atoms. The van der Waals surface area contributed by atoms with Crippen LogP contribution in [0.1, 0.15) is 54.3 Å². The maximum absolute atomic E-state index is 13.9. The number of benzene rings is 2. The lowest BCUT2D eigenvalue weighted by Gasteiger charge is -2.37. The van der Waals surface area contributed by atoms with E-state index in [2.05, 4.69) is 30.2 Å². The van der Waals surface area contributed by atoms with E-state index in [0.717, 1.165) is 78.3 Å². The molecule has 6 amide bonds. The highest BCUT2D eigenvalue weighted by atomic mass is 16.2. The Kier molecular flexibility index (Phi) is 12.8. The summed E-state index contributed by atoms with van der Waals surface area (Å²) in [7, 11) is 0. The Balaban J connectivity index is 0.796. The van der Waals surface area contributed by atoms with Gasteiger partial charge >= 0.3 is 0 Å². The molecule has 6 aliphatic rings. The van der Waals surface area contributed by atoms with Gasteiger partial charge in [-0.2, -0.15) is 0 Å². The van der Waals surface area contributed by atoms with Crippen LogP contribution < -0.4 is 10.6 Å². The average molecular weight is 787 g/mol. The first-order valence-corrected chi connectivity index (χ1v) is 20.5. The molecule has 10 radical (unpaired) electrons. The molecular weight excluding hydrogens is 737 g/mol. The summed E-state index contributed by atoms with van der Waals surface area (Å²) in [5, 5.41) is 6.72. The van der Waals surface area contributed by atoms with Crippen molar-refractivity contribution in [2.24, 2.45) is 0 Å². The molecule has 0 spiro atoms. The van der Waals surface area contributed by atoms with Crippen LogP contribution in [0.5, 0.6) is 0 Å². The smallest absolute Gasteiger partial charge is 0.261 e. The summed E-state index contributed by atoms with van der Waals surface area (Å²) in [6.07, 6.45) is 16.3. The zero-order valence-electron chi connectivity index (χ0n) is 32.8. The Bertz CT molecular complexity index is 1690. The molecule has 0 aromatic heterocycles. The van der Waals surface area contributed by atoms with Crippen LogP contribution in [0.4, 0.5) is 0 Å². The third kappa shape index (κ3) is 8.71. The highest BCUT2D eigenvalue weighted by Gasteiger charge is 2.40. The van der Waals surface area contributed by atoms with E-state index < -0.39 is 23.6 Å². The fourth-order valence-electron chi connectivity index (χ4n) is 8.60. The molecule has 2 aromatic carbocycles. The zero-order valence-corrected chi connectivity index (χ0v) is 32.8. The Morgan fingerprint density at radius 3 is 1.03 bits per heavy atom. The van der Waals surface area contributed by atoms with Gasteiger partial charge in [-0.3, -0.25) is 48.4 Å². The van der Waals surface area contributed by atoms with Crippen molar-refractivity contribution in [1.82, 2.24) is 40.0 Å². The van der Waals surface area contributed by atoms with Crippen molar-refractivity contribution in [3.8, 4) is 0 Å². The van der Waals surface area contributed by atoms with E-state index in [1.54, 1.807) is 49.9 Å². The number of nitrogens with one attached hydrogen (secondary N) is 2. The molecule has 0 unspecified atom stereocenters. The molecule has 8 rings (SSSR count). The van der Waals surface area contributed by atoms with E-state index in [0.29, 0.717) is 71.0 Å². The number of imide groups is 2. The lowest BCUT2D eigenvalue weighted by atomic mass is 9.86. The Morgan fingerprint density at radius 2 is 0.724 bits per heavy atom. The first-order chi connectivity index (χ1) is 28.3. The quantitative estimate of drug-likeness (QED) is 0.188. The Hall–Kier alpha value is -4.24. The maximum atomic E-state index is 13.9. The summed E-state index contributed by atoms with van der Waals surface area (Å²) in [6, 6.07) is 6.52. The summed E-state index contributed by atoms with van der Waals surface area (Å²) >= 11 is 0. The molecule has 0 bridgehead atoms. The van der Waals surface area contributed by atoms with Gasteiger partial charge in [-0.05, 0) is 102 Å². The lowest BCUT2D eigenvalue weighted by molar-refractivity contribution is -0.119. The molecule has 14 heteroatoms. The SMILES string of the molecule is O=C(NCCCN1CCN(CCN2C(=O)c3ccc4c5c(ccc(c35)C2=O)C(=O)N(CCN2CCN(CCCNC(=O)[C]3[CH][CH][CH][CH]3)CC2)C4=O)CC1)[C]1[CH][CH][CH][CH]1. The van der Waals surface area contributed by atoms with Crippen molar-refractivity contribution in [2.75, 3.05) is 105 Å². The van der Waals surface area contributed by atoms with Gasteiger partial charge in [-0.1, -0.05) is 0 Å². The van der Waals surface area contributed by atoms with E-state index in [1.165, 1.54) is 9.80 Å². The minimum atomic E-state index is -0.409. The topological polar surface area (TPSA) is 146 Å². The van der Waals surface area contributed by atoms with Gasteiger partial charge in [0.25, 0.3) is 23.6 Å². The number of hydrogen-bond donors (Lipinski definition) is 2. The molecule has 14 nitrogen and oxygen atoms in total. The van der Waals surface area contributed by atoms with Gasteiger partial charge < -0.3 is 20.4 Å². The normalized spacial score (nSPS) is 21.5. The fourth-order valence-corrected chi connectivity index (χ4v) is 8.60. The first kappa shape index (κ1) is 40.5. The summed E-state index contributed by atoms with van der Waals surface area (Å²) in [5.41, 5.74) is 1.34. The summed E-state index contributed by atoms with van der Waals surface area (Å²) in [6.45, 7) is 11.3. The second-order valence-electron chi connectivity index (χ2n) is 15.5. The maximum Gasteiger partial charge on any atom is 0.261 e. The van der Waals surface area contributed by atoms with Gasteiger partial charge in [0.05, 0.1) is 11.8 Å². The van der Waals surface area contributed by atoms with Gasteiger partial charge in [0.15, 0.2) is 0 Å². The predicted octanol–water partition coefficient (Wildman–Crippen LogP) is 1.09. The van der Waals surface area contributed by atoms with Crippen molar-refractivity contribution in [3.63, 3.8) is 0 Å². The minimum absolute atomic E-state index is 0.0526. The van der Waals surface area contributed by atoms with Crippen molar-refractivity contribution in [3.05, 3.63) is 110 Å². The molecule has 4 heterocycles. The third-order valence-electron chi connectivity index (χ3n) is 12.0. The third-order valence-corrected chi connectivity index (χ3v) is 12.0. The number of amides is 6. The van der Waals surface area contributed by atoms with E-state index in [9.17, 15) is 28.8 Å². The number of hydrogen-bond acceptors (Lipinski definition) is 10. The van der Waals surface area contributed by atoms with Gasteiger partial charge in [-0.25, -0.2) is 0 Å². The number of carbonyl (C=O) groups is 6. The Labute approximate surface area is 341 Å². The highest BCUT2D eigenvalue weighted by Crippen LogP contribution is 2.38. The summed E-state index contributed by atoms with van der Waals surface area (Å²) < 4.78 is 0. The molecule has 4 aliphatic heterocycles. The monoisotopic (exact) mass is 786 g/mol. The van der Waals surface area contributed by atoms with Crippen LogP contribution in [0.2, 0.25) is 0 Å². The van der Waals surface area contributed by atoms with Crippen LogP contribution in [0.3, 0.4) is 0 Å². The molecule has 2 N–H and O–H groups in total. The van der Waals surface area contributed by atoms with E-state index in [-0.39, 0.29) is 24.9 Å². The molecule has 2 aromatic rings. The number of rotatable bonds is 16. The summed E-state index contributed by atoms with van der Waals surface area (Å²) in [5.74, 6) is -0.390. The van der Waals surface area contributed by atoms with Gasteiger partial charge in [-0.15, -0.1) is 0 Å². The Morgan fingerprint density at radius 1 is 0.431 bits per heavy atom. The second-order valence-corrected chi connectivity index (χ2v) is 15.5. The van der Waals surface area contributed by atoms with Crippen LogP contribution in [-0.4, -0.2) is 170 Å². The predicted molar refractivity (Wildman–Crippen MR) is 217 cm³/mol.